The van der Waals surface area contributed by atoms with Gasteiger partial charge in [-0.25, -0.2) is 0 Å². The first-order valence-corrected chi connectivity index (χ1v) is 3.85. The van der Waals surface area contributed by atoms with Crippen LogP contribution in [0.2, 0.25) is 0 Å². The normalized spacial score (nSPS) is 26.7. The summed E-state index contributed by atoms with van der Waals surface area (Å²) in [7, 11) is 0. The highest BCUT2D eigenvalue weighted by atomic mass is 16.3. The molecule has 2 N–H and O–H groups in total. The first-order chi connectivity index (χ1) is 5.24. The zero-order valence-corrected chi connectivity index (χ0v) is 6.71. The van der Waals surface area contributed by atoms with Crippen LogP contribution in [0.1, 0.15) is 6.92 Å². The molecular formula is C7H14N2O2. The Labute approximate surface area is 66.2 Å². The summed E-state index contributed by atoms with van der Waals surface area (Å²) in [6.07, 6.45) is 0. The van der Waals surface area contributed by atoms with Crippen LogP contribution in [-0.4, -0.2) is 48.2 Å². The van der Waals surface area contributed by atoms with E-state index in [0.717, 1.165) is 0 Å². The van der Waals surface area contributed by atoms with E-state index in [1.54, 1.807) is 0 Å². The van der Waals surface area contributed by atoms with Crippen LogP contribution in [0, 0.1) is 0 Å². The number of nitrogens with one attached hydrogen (secondary N) is 1. The Hall–Kier alpha value is -0.610. The summed E-state index contributed by atoms with van der Waals surface area (Å²) in [5.74, 6) is 0.0524. The van der Waals surface area contributed by atoms with Gasteiger partial charge in [-0.3, -0.25) is 9.69 Å². The van der Waals surface area contributed by atoms with E-state index in [0.29, 0.717) is 25.7 Å². The maximum atomic E-state index is 10.9. The van der Waals surface area contributed by atoms with Gasteiger partial charge in [0.1, 0.15) is 0 Å². The molecule has 64 valence electrons. The van der Waals surface area contributed by atoms with Crippen LogP contribution in [0.4, 0.5) is 0 Å². The van der Waals surface area contributed by atoms with E-state index in [9.17, 15) is 4.79 Å². The molecule has 1 aliphatic heterocycles. The first kappa shape index (κ1) is 8.49. The fourth-order valence-corrected chi connectivity index (χ4v) is 1.21. The third-order valence-electron chi connectivity index (χ3n) is 1.95. The molecule has 0 saturated carbocycles. The van der Waals surface area contributed by atoms with Crippen LogP contribution >= 0.6 is 0 Å². The summed E-state index contributed by atoms with van der Waals surface area (Å²) in [6, 6.07) is 0.347. The van der Waals surface area contributed by atoms with Gasteiger partial charge in [-0.2, -0.15) is 0 Å². The molecule has 1 atom stereocenters. The van der Waals surface area contributed by atoms with Crippen LogP contribution in [0.25, 0.3) is 0 Å². The lowest BCUT2D eigenvalue weighted by Crippen LogP contribution is -2.53. The third-order valence-corrected chi connectivity index (χ3v) is 1.95. The van der Waals surface area contributed by atoms with Crippen molar-refractivity contribution < 1.29 is 9.90 Å². The molecule has 0 spiro atoms. The third kappa shape index (κ3) is 2.17. The Bertz CT molecular complexity index is 149. The van der Waals surface area contributed by atoms with Gasteiger partial charge in [0.2, 0.25) is 5.91 Å². The van der Waals surface area contributed by atoms with E-state index < -0.39 is 0 Å². The number of carbonyl (C=O) groups excluding carboxylic acids is 1. The largest absolute Gasteiger partial charge is 0.395 e. The summed E-state index contributed by atoms with van der Waals surface area (Å²) in [5.41, 5.74) is 0. The van der Waals surface area contributed by atoms with Crippen molar-refractivity contribution in [3.8, 4) is 0 Å². The molecule has 1 unspecified atom stereocenters. The predicted octanol–water partition coefficient (Wildman–Crippen LogP) is -1.20. The number of amides is 1. The van der Waals surface area contributed by atoms with Crippen LogP contribution in [0.3, 0.4) is 0 Å². The molecule has 0 aliphatic carbocycles. The van der Waals surface area contributed by atoms with Crippen molar-refractivity contribution in [2.24, 2.45) is 0 Å². The minimum Gasteiger partial charge on any atom is -0.395 e. The second kappa shape index (κ2) is 3.69. The van der Waals surface area contributed by atoms with Crippen LogP contribution < -0.4 is 5.32 Å². The van der Waals surface area contributed by atoms with Crippen molar-refractivity contribution in [2.75, 3.05) is 26.2 Å². The summed E-state index contributed by atoms with van der Waals surface area (Å²) < 4.78 is 0. The maximum Gasteiger partial charge on any atom is 0.234 e. The van der Waals surface area contributed by atoms with Gasteiger partial charge in [0, 0.05) is 19.1 Å². The lowest BCUT2D eigenvalue weighted by Gasteiger charge is -2.32. The molecule has 0 aromatic carbocycles. The minimum atomic E-state index is 0.0524. The zero-order valence-electron chi connectivity index (χ0n) is 6.71. The van der Waals surface area contributed by atoms with Crippen LogP contribution in [0.15, 0.2) is 0 Å². The Morgan fingerprint density at radius 1 is 1.82 bits per heavy atom. The van der Waals surface area contributed by atoms with Gasteiger partial charge in [0.05, 0.1) is 13.2 Å². The quantitative estimate of drug-likeness (QED) is 0.530. The second-order valence-corrected chi connectivity index (χ2v) is 2.85. The first-order valence-electron chi connectivity index (χ1n) is 3.85. The van der Waals surface area contributed by atoms with Crippen LogP contribution in [0.5, 0.6) is 0 Å². The average Bonchev–Trinajstić information content (AvgIpc) is 1.98. The molecule has 1 amide bonds. The number of carbonyl (C=O) groups is 1. The van der Waals surface area contributed by atoms with Gasteiger partial charge >= 0.3 is 0 Å². The molecule has 11 heavy (non-hydrogen) atoms. The molecule has 0 radical (unpaired) electrons. The molecule has 0 aromatic heterocycles. The Kier molecular flexibility index (Phi) is 2.84. The number of hydrogen-bond acceptors (Lipinski definition) is 3. The monoisotopic (exact) mass is 158 g/mol. The van der Waals surface area contributed by atoms with Gasteiger partial charge in [-0.1, -0.05) is 0 Å². The van der Waals surface area contributed by atoms with E-state index in [-0.39, 0.29) is 12.5 Å². The highest BCUT2D eigenvalue weighted by molar-refractivity contribution is 5.78. The van der Waals surface area contributed by atoms with E-state index in [2.05, 4.69) is 5.32 Å². The Morgan fingerprint density at radius 3 is 3.18 bits per heavy atom. The average molecular weight is 158 g/mol. The topological polar surface area (TPSA) is 52.6 Å². The second-order valence-electron chi connectivity index (χ2n) is 2.85. The molecule has 4 heteroatoms. The Balaban J connectivity index is 2.40. The SMILES string of the molecule is CC1CNC(=O)CN1CCO. The number of piperazine rings is 1. The van der Waals surface area contributed by atoms with Gasteiger partial charge in [-0.05, 0) is 6.92 Å². The Morgan fingerprint density at radius 2 is 2.55 bits per heavy atom. The summed E-state index contributed by atoms with van der Waals surface area (Å²) >= 11 is 0. The maximum absolute atomic E-state index is 10.9. The standard InChI is InChI=1S/C7H14N2O2/c1-6-4-8-7(11)5-9(6)2-3-10/h6,10H,2-5H2,1H3,(H,8,11). The number of nitrogens with zero attached hydrogens (tertiary/aromatic N) is 1. The molecule has 1 saturated heterocycles. The zero-order chi connectivity index (χ0) is 8.27. The van der Waals surface area contributed by atoms with E-state index in [1.807, 2.05) is 11.8 Å². The van der Waals surface area contributed by atoms with Crippen molar-refractivity contribution >= 4 is 5.91 Å². The van der Waals surface area contributed by atoms with Crippen LogP contribution in [-0.2, 0) is 4.79 Å². The molecule has 1 aliphatic rings. The predicted molar refractivity (Wildman–Crippen MR) is 41.1 cm³/mol. The molecule has 0 aromatic rings. The molecule has 1 fully saturated rings. The fourth-order valence-electron chi connectivity index (χ4n) is 1.21. The lowest BCUT2D eigenvalue weighted by atomic mass is 10.2. The van der Waals surface area contributed by atoms with E-state index in [4.69, 9.17) is 5.11 Å². The number of hydrogen-bond donors (Lipinski definition) is 2. The molecule has 1 heterocycles. The fraction of sp³-hybridized carbons (Fsp3) is 0.857. The van der Waals surface area contributed by atoms with Crippen molar-refractivity contribution in [3.05, 3.63) is 0 Å². The highest BCUT2D eigenvalue weighted by Crippen LogP contribution is 2.01. The molecule has 4 nitrogen and oxygen atoms in total. The minimum absolute atomic E-state index is 0.0524. The van der Waals surface area contributed by atoms with Crippen molar-refractivity contribution in [3.63, 3.8) is 0 Å². The number of rotatable bonds is 2. The van der Waals surface area contributed by atoms with Crippen molar-refractivity contribution in [1.82, 2.24) is 10.2 Å². The lowest BCUT2D eigenvalue weighted by molar-refractivity contribution is -0.125. The van der Waals surface area contributed by atoms with E-state index in [1.165, 1.54) is 0 Å². The highest BCUT2D eigenvalue weighted by Gasteiger charge is 2.21. The van der Waals surface area contributed by atoms with Gasteiger partial charge in [-0.15, -0.1) is 0 Å². The molecule has 1 rings (SSSR count). The van der Waals surface area contributed by atoms with E-state index >= 15 is 0 Å². The molecule has 0 bridgehead atoms. The van der Waals surface area contributed by atoms with Crippen molar-refractivity contribution in [2.45, 2.75) is 13.0 Å². The van der Waals surface area contributed by atoms with Gasteiger partial charge in [0.15, 0.2) is 0 Å². The number of aliphatic hydroxyl groups is 1. The van der Waals surface area contributed by atoms with Crippen molar-refractivity contribution in [1.29, 1.82) is 0 Å². The summed E-state index contributed by atoms with van der Waals surface area (Å²) in [6.45, 7) is 3.86. The van der Waals surface area contributed by atoms with Gasteiger partial charge in [0.25, 0.3) is 0 Å². The molecular weight excluding hydrogens is 144 g/mol. The smallest absolute Gasteiger partial charge is 0.234 e. The number of β-amino-alcohol motifs (C(OH)–C–C–N with tert-alkyl or cyclic N) is 1. The van der Waals surface area contributed by atoms with Gasteiger partial charge < -0.3 is 10.4 Å². The summed E-state index contributed by atoms with van der Waals surface area (Å²) in [5, 5.41) is 11.4. The number of aliphatic hydroxyl groups excluding tert-OH is 1. The summed E-state index contributed by atoms with van der Waals surface area (Å²) in [4.78, 5) is 12.8.